The van der Waals surface area contributed by atoms with E-state index in [1.807, 2.05) is 91.7 Å². The van der Waals surface area contributed by atoms with Gasteiger partial charge in [-0.25, -0.2) is 24.3 Å². The number of methoxy groups -OCH3 is 2. The molecule has 0 spiro atoms. The lowest BCUT2D eigenvalue weighted by Gasteiger charge is -2.31. The van der Waals surface area contributed by atoms with E-state index < -0.39 is 0 Å². The highest BCUT2D eigenvalue weighted by Gasteiger charge is 2.21. The molecule has 14 nitrogen and oxygen atoms in total. The predicted molar refractivity (Wildman–Crippen MR) is 254 cm³/mol. The van der Waals surface area contributed by atoms with Crippen molar-refractivity contribution in [2.24, 2.45) is 0 Å². The Hall–Kier alpha value is -5.12. The number of ether oxygens (including phenoxy) is 2. The van der Waals surface area contributed by atoms with Crippen LogP contribution in [-0.2, 0) is 28.9 Å². The number of likely N-dealkylation sites (tertiary alicyclic amines) is 2. The van der Waals surface area contributed by atoms with Crippen LogP contribution in [0, 0.1) is 44.3 Å². The number of aryl methyl sites for hydroxylation is 6. The van der Waals surface area contributed by atoms with Gasteiger partial charge in [-0.15, -0.1) is 0 Å². The summed E-state index contributed by atoms with van der Waals surface area (Å²) in [4.78, 5) is 22.8. The molecule has 2 aliphatic heterocycles. The summed E-state index contributed by atoms with van der Waals surface area (Å²) in [6, 6.07) is 10.6. The van der Waals surface area contributed by atoms with Crippen LogP contribution in [0.4, 0.5) is 10.3 Å². The SMILES string of the molecule is CCCNc1nccc(C)n1.CCc1c[n+](O)ccc1C.CCc1cc(F)ccc1C.COC1CCN(C(C)=N)C1.COC1CCN(C(C)=N)CC1.Cc1ccnc(CN(C)C)n1. The number of nitrogens with one attached hydrogen (secondary N) is 3. The lowest BCUT2D eigenvalue weighted by Crippen LogP contribution is -2.39. The van der Waals surface area contributed by atoms with Gasteiger partial charge < -0.3 is 29.5 Å². The van der Waals surface area contributed by atoms with Gasteiger partial charge in [0, 0.05) is 87.1 Å². The van der Waals surface area contributed by atoms with Crippen LogP contribution in [0.25, 0.3) is 0 Å². The molecular weight excluding hydrogens is 798 g/mol. The zero-order chi connectivity index (χ0) is 47.3. The molecule has 0 saturated carbocycles. The fourth-order valence-corrected chi connectivity index (χ4v) is 6.27. The Kier molecular flexibility index (Phi) is 28.1. The lowest BCUT2D eigenvalue weighted by atomic mass is 10.1. The van der Waals surface area contributed by atoms with Crippen molar-refractivity contribution in [2.45, 2.75) is 120 Å². The minimum atomic E-state index is -0.137. The molecule has 1 atom stereocenters. The number of rotatable bonds is 9. The summed E-state index contributed by atoms with van der Waals surface area (Å²) in [5.41, 5.74) is 6.71. The van der Waals surface area contributed by atoms with E-state index in [1.54, 1.807) is 45.1 Å². The first-order chi connectivity index (χ1) is 30.0. The number of pyridine rings is 1. The van der Waals surface area contributed by atoms with Crippen LogP contribution >= 0.6 is 0 Å². The van der Waals surface area contributed by atoms with Crippen molar-refractivity contribution < 1.29 is 23.8 Å². The van der Waals surface area contributed by atoms with E-state index in [0.717, 1.165) is 111 Å². The van der Waals surface area contributed by atoms with Crippen LogP contribution in [0.15, 0.2) is 61.2 Å². The average molecular weight is 877 g/mol. The highest BCUT2D eigenvalue weighted by atomic mass is 19.1. The molecule has 15 heteroatoms. The third kappa shape index (κ3) is 24.3. The van der Waals surface area contributed by atoms with Crippen molar-refractivity contribution in [3.05, 3.63) is 106 Å². The lowest BCUT2D eigenvalue weighted by molar-refractivity contribution is -0.905. The van der Waals surface area contributed by atoms with E-state index >= 15 is 0 Å². The van der Waals surface area contributed by atoms with Gasteiger partial charge in [0.2, 0.25) is 18.3 Å². The molecule has 1 aromatic carbocycles. The van der Waals surface area contributed by atoms with Crippen LogP contribution < -0.4 is 10.0 Å². The Labute approximate surface area is 378 Å². The number of hydrogen-bond donors (Lipinski definition) is 4. The molecule has 4 N–H and O–H groups in total. The maximum atomic E-state index is 12.5. The first-order valence-electron chi connectivity index (χ1n) is 22.0. The molecule has 1 unspecified atom stereocenters. The molecular formula is C48H79FN11O3+. The van der Waals surface area contributed by atoms with Crippen molar-refractivity contribution in [2.75, 3.05) is 66.4 Å². The van der Waals surface area contributed by atoms with Crippen LogP contribution in [0.1, 0.15) is 99.8 Å². The van der Waals surface area contributed by atoms with Crippen LogP contribution in [0.3, 0.4) is 0 Å². The maximum absolute atomic E-state index is 12.5. The first kappa shape index (κ1) is 55.9. The van der Waals surface area contributed by atoms with E-state index in [2.05, 4.69) is 48.9 Å². The van der Waals surface area contributed by atoms with Gasteiger partial charge in [-0.1, -0.05) is 26.8 Å². The second kappa shape index (κ2) is 31.7. The fourth-order valence-electron chi connectivity index (χ4n) is 6.27. The molecule has 2 aliphatic rings. The van der Waals surface area contributed by atoms with E-state index in [4.69, 9.17) is 25.5 Å². The number of hydrogen-bond acceptors (Lipinski definition) is 11. The van der Waals surface area contributed by atoms with E-state index in [-0.39, 0.29) is 5.82 Å². The zero-order valence-electron chi connectivity index (χ0n) is 40.6. The van der Waals surface area contributed by atoms with Crippen LogP contribution in [0.5, 0.6) is 0 Å². The van der Waals surface area contributed by atoms with Crippen molar-refractivity contribution in [3.63, 3.8) is 0 Å². The third-order valence-corrected chi connectivity index (χ3v) is 10.2. The van der Waals surface area contributed by atoms with Gasteiger partial charge in [0.1, 0.15) is 11.6 Å². The summed E-state index contributed by atoms with van der Waals surface area (Å²) in [6.45, 7) is 23.4. The van der Waals surface area contributed by atoms with Crippen LogP contribution in [-0.4, -0.2) is 125 Å². The Morgan fingerprint density at radius 2 is 1.37 bits per heavy atom. The molecule has 2 fully saturated rings. The zero-order valence-corrected chi connectivity index (χ0v) is 40.6. The number of piperidine rings is 1. The van der Waals surface area contributed by atoms with Crippen LogP contribution in [0.2, 0.25) is 0 Å². The second-order valence-corrected chi connectivity index (χ2v) is 15.8. The smallest absolute Gasteiger partial charge is 0.225 e. The Morgan fingerprint density at radius 1 is 0.810 bits per heavy atom. The summed E-state index contributed by atoms with van der Waals surface area (Å²) in [5.74, 6) is 2.81. The van der Waals surface area contributed by atoms with E-state index in [0.29, 0.717) is 23.9 Å². The number of nitrogens with zero attached hydrogens (tertiary/aromatic N) is 8. The molecule has 0 radical (unpaired) electrons. The Balaban J connectivity index is 0.000000378. The van der Waals surface area contributed by atoms with Gasteiger partial charge in [0.25, 0.3) is 0 Å². The Morgan fingerprint density at radius 3 is 1.83 bits per heavy atom. The molecule has 0 amide bonds. The standard InChI is InChI=1S/C9H11F.2C8H13N3.C8H16N2O.C8H12NO.C7H14N2O/c1-3-8-6-9(10)5-4-7(8)2;1-7-4-5-9-8(10-7)6-11(2)3;1-3-5-9-8-10-6-4-7(2)11-8;1-7(9)10-5-3-8(11-2)4-6-10;1-3-8-6-9(10)5-4-7(8)2;1-6(8)9-4-3-7(5-9)10-2/h4-6H,3H2,1-2H3;4-5H,6H2,1-3H3;4,6H,3,5H2,1-2H3,(H,9,10,11);8-9H,3-6H2,1-2H3;4-6,10H,3H2,1-2H3;7-8H,3-5H2,1-2H3/q;;;;+1;. The normalized spacial score (nSPS) is 14.2. The van der Waals surface area contributed by atoms with Gasteiger partial charge >= 0.3 is 0 Å². The van der Waals surface area contributed by atoms with Crippen molar-refractivity contribution in [3.8, 4) is 0 Å². The molecule has 350 valence electrons. The van der Waals surface area contributed by atoms with Crippen molar-refractivity contribution in [1.29, 1.82) is 10.8 Å². The highest BCUT2D eigenvalue weighted by molar-refractivity contribution is 5.76. The summed E-state index contributed by atoms with van der Waals surface area (Å²) < 4.78 is 24.0. The van der Waals surface area contributed by atoms with Gasteiger partial charge in [-0.05, 0) is 135 Å². The molecule has 63 heavy (non-hydrogen) atoms. The van der Waals surface area contributed by atoms with E-state index in [9.17, 15) is 4.39 Å². The number of aromatic nitrogens is 5. The van der Waals surface area contributed by atoms with Crippen molar-refractivity contribution in [1.82, 2.24) is 34.6 Å². The molecule has 2 saturated heterocycles. The molecule has 0 bridgehead atoms. The third-order valence-electron chi connectivity index (χ3n) is 10.2. The topological polar surface area (TPSA) is 164 Å². The van der Waals surface area contributed by atoms with Gasteiger partial charge in [-0.2, -0.15) is 0 Å². The van der Waals surface area contributed by atoms with Gasteiger partial charge in [0.05, 0.1) is 30.4 Å². The largest absolute Gasteiger partial charge is 0.381 e. The highest BCUT2D eigenvalue weighted by Crippen LogP contribution is 2.13. The number of halogens is 1. The minimum Gasteiger partial charge on any atom is -0.381 e. The minimum absolute atomic E-state index is 0.137. The summed E-state index contributed by atoms with van der Waals surface area (Å²) >= 11 is 0. The molecule has 0 aliphatic carbocycles. The summed E-state index contributed by atoms with van der Waals surface area (Å²) in [6.07, 6.45) is 13.8. The van der Waals surface area contributed by atoms with Crippen molar-refractivity contribution >= 4 is 17.6 Å². The summed E-state index contributed by atoms with van der Waals surface area (Å²) in [7, 11) is 7.50. The summed E-state index contributed by atoms with van der Waals surface area (Å²) in [5, 5.41) is 26.8. The average Bonchev–Trinajstić information content (AvgIpc) is 3.76. The number of benzene rings is 1. The van der Waals surface area contributed by atoms with Gasteiger partial charge in [-0.3, -0.25) is 16.0 Å². The second-order valence-electron chi connectivity index (χ2n) is 15.8. The van der Waals surface area contributed by atoms with Gasteiger partial charge in [0.15, 0.2) is 0 Å². The maximum Gasteiger partial charge on any atom is 0.225 e. The van der Waals surface area contributed by atoms with E-state index in [1.165, 1.54) is 22.8 Å². The number of anilines is 1. The number of amidine groups is 2. The quantitative estimate of drug-likeness (QED) is 0.0557. The monoisotopic (exact) mass is 877 g/mol. The molecule has 6 rings (SSSR count). The molecule has 3 aromatic heterocycles. The molecule has 5 heterocycles. The molecule has 4 aromatic rings. The fraction of sp³-hybridized carbons (Fsp3) is 0.562. The Bertz CT molecular complexity index is 1840. The predicted octanol–water partition coefficient (Wildman–Crippen LogP) is 8.03. The first-order valence-corrected chi connectivity index (χ1v) is 22.0.